The summed E-state index contributed by atoms with van der Waals surface area (Å²) >= 11 is 0. The van der Waals surface area contributed by atoms with Gasteiger partial charge in [-0.2, -0.15) is 0 Å². The molecule has 1 aliphatic rings. The zero-order valence-corrected chi connectivity index (χ0v) is 11.7. The van der Waals surface area contributed by atoms with Gasteiger partial charge >= 0.3 is 11.8 Å². The third kappa shape index (κ3) is 4.64. The highest BCUT2D eigenvalue weighted by molar-refractivity contribution is 6.35. The van der Waals surface area contributed by atoms with E-state index in [0.29, 0.717) is 13.1 Å². The van der Waals surface area contributed by atoms with Crippen LogP contribution in [0.5, 0.6) is 0 Å². The van der Waals surface area contributed by atoms with E-state index in [4.69, 9.17) is 0 Å². The van der Waals surface area contributed by atoms with Crippen molar-refractivity contribution in [3.8, 4) is 0 Å². The van der Waals surface area contributed by atoms with Gasteiger partial charge in [-0.1, -0.05) is 13.3 Å². The molecule has 0 aromatic rings. The maximum atomic E-state index is 12.0. The van der Waals surface area contributed by atoms with Crippen LogP contribution in [0, 0.1) is 0 Å². The van der Waals surface area contributed by atoms with Gasteiger partial charge in [0.15, 0.2) is 0 Å². The van der Waals surface area contributed by atoms with Crippen molar-refractivity contribution in [1.29, 1.82) is 0 Å². The number of nitrogens with zero attached hydrogens (tertiary/aromatic N) is 1. The van der Waals surface area contributed by atoms with E-state index in [1.165, 1.54) is 0 Å². The standard InChI is InChI=1S/C13H25N3O2/c1-4-6-13(2,3)15-11(17)12(18)16-9-5-7-14-8-10-16/h14H,4-10H2,1-3H3,(H,15,17). The smallest absolute Gasteiger partial charge is 0.311 e. The lowest BCUT2D eigenvalue weighted by Gasteiger charge is -2.27. The summed E-state index contributed by atoms with van der Waals surface area (Å²) in [5.74, 6) is -0.877. The van der Waals surface area contributed by atoms with Gasteiger partial charge in [0.1, 0.15) is 0 Å². The summed E-state index contributed by atoms with van der Waals surface area (Å²) in [6.07, 6.45) is 2.75. The van der Waals surface area contributed by atoms with Gasteiger partial charge in [0.25, 0.3) is 0 Å². The summed E-state index contributed by atoms with van der Waals surface area (Å²) in [5.41, 5.74) is -0.314. The average Bonchev–Trinajstić information content (AvgIpc) is 2.55. The summed E-state index contributed by atoms with van der Waals surface area (Å²) in [5, 5.41) is 6.04. The molecule has 0 atom stereocenters. The van der Waals surface area contributed by atoms with E-state index in [-0.39, 0.29) is 5.54 Å². The van der Waals surface area contributed by atoms with Gasteiger partial charge < -0.3 is 15.5 Å². The maximum absolute atomic E-state index is 12.0. The summed E-state index contributed by atoms with van der Waals surface area (Å²) in [6.45, 7) is 8.91. The molecule has 0 saturated carbocycles. The van der Waals surface area contributed by atoms with Crippen LogP contribution in [0.25, 0.3) is 0 Å². The Labute approximate surface area is 109 Å². The second-order valence-corrected chi connectivity index (χ2v) is 5.48. The first-order valence-electron chi connectivity index (χ1n) is 6.78. The molecule has 1 aliphatic heterocycles. The molecule has 2 amide bonds. The van der Waals surface area contributed by atoms with Crippen LogP contribution in [0.4, 0.5) is 0 Å². The van der Waals surface area contributed by atoms with Gasteiger partial charge in [0.2, 0.25) is 0 Å². The minimum atomic E-state index is -0.477. The molecule has 0 radical (unpaired) electrons. The number of carbonyl (C=O) groups excluding carboxylic acids is 2. The van der Waals surface area contributed by atoms with Crippen LogP contribution < -0.4 is 10.6 Å². The molecule has 1 heterocycles. The first kappa shape index (κ1) is 15.0. The van der Waals surface area contributed by atoms with Crippen molar-refractivity contribution < 1.29 is 9.59 Å². The Morgan fingerprint density at radius 2 is 2.00 bits per heavy atom. The Kier molecular flexibility index (Phi) is 5.59. The molecule has 1 rings (SSSR count). The monoisotopic (exact) mass is 255 g/mol. The molecule has 0 aliphatic carbocycles. The molecule has 18 heavy (non-hydrogen) atoms. The Morgan fingerprint density at radius 3 is 2.67 bits per heavy atom. The molecule has 5 heteroatoms. The van der Waals surface area contributed by atoms with Gasteiger partial charge in [-0.15, -0.1) is 0 Å². The molecule has 0 spiro atoms. The number of nitrogens with one attached hydrogen (secondary N) is 2. The third-order valence-corrected chi connectivity index (χ3v) is 3.15. The van der Waals surface area contributed by atoms with E-state index >= 15 is 0 Å². The number of hydrogen-bond acceptors (Lipinski definition) is 3. The third-order valence-electron chi connectivity index (χ3n) is 3.15. The minimum absolute atomic E-state index is 0.314. The SMILES string of the molecule is CCCC(C)(C)NC(=O)C(=O)N1CCCNCC1. The number of hydrogen-bond donors (Lipinski definition) is 2. The molecule has 1 fully saturated rings. The van der Waals surface area contributed by atoms with Crippen LogP contribution in [-0.2, 0) is 9.59 Å². The van der Waals surface area contributed by atoms with Crippen LogP contribution in [0.3, 0.4) is 0 Å². The highest BCUT2D eigenvalue weighted by atomic mass is 16.2. The summed E-state index contributed by atoms with van der Waals surface area (Å²) in [4.78, 5) is 25.6. The van der Waals surface area contributed by atoms with Gasteiger partial charge in [-0.05, 0) is 33.2 Å². The van der Waals surface area contributed by atoms with E-state index < -0.39 is 11.8 Å². The van der Waals surface area contributed by atoms with E-state index in [0.717, 1.165) is 32.4 Å². The Morgan fingerprint density at radius 1 is 1.28 bits per heavy atom. The van der Waals surface area contributed by atoms with Crippen molar-refractivity contribution in [2.24, 2.45) is 0 Å². The van der Waals surface area contributed by atoms with Crippen molar-refractivity contribution in [1.82, 2.24) is 15.5 Å². The first-order chi connectivity index (χ1) is 8.46. The predicted molar refractivity (Wildman–Crippen MR) is 71.2 cm³/mol. The molecule has 0 bridgehead atoms. The van der Waals surface area contributed by atoms with Crippen LogP contribution in [0.1, 0.15) is 40.0 Å². The van der Waals surface area contributed by atoms with Crippen LogP contribution in [0.2, 0.25) is 0 Å². The number of carbonyl (C=O) groups is 2. The van der Waals surface area contributed by atoms with E-state index in [2.05, 4.69) is 17.6 Å². The molecule has 0 aromatic carbocycles. The van der Waals surface area contributed by atoms with Gasteiger partial charge in [0, 0.05) is 25.2 Å². The second kappa shape index (κ2) is 6.73. The lowest BCUT2D eigenvalue weighted by molar-refractivity contribution is -0.146. The lowest BCUT2D eigenvalue weighted by atomic mass is 9.99. The second-order valence-electron chi connectivity index (χ2n) is 5.48. The summed E-state index contributed by atoms with van der Waals surface area (Å²) < 4.78 is 0. The predicted octanol–water partition coefficient (Wildman–Crippen LogP) is 0.503. The topological polar surface area (TPSA) is 61.4 Å². The zero-order valence-electron chi connectivity index (χ0n) is 11.7. The largest absolute Gasteiger partial charge is 0.343 e. The minimum Gasteiger partial charge on any atom is -0.343 e. The fraction of sp³-hybridized carbons (Fsp3) is 0.846. The molecular weight excluding hydrogens is 230 g/mol. The molecule has 2 N–H and O–H groups in total. The molecular formula is C13H25N3O2. The quantitative estimate of drug-likeness (QED) is 0.722. The molecule has 104 valence electrons. The van der Waals surface area contributed by atoms with Crippen LogP contribution >= 0.6 is 0 Å². The average molecular weight is 255 g/mol. The molecule has 5 nitrogen and oxygen atoms in total. The van der Waals surface area contributed by atoms with Gasteiger partial charge in [-0.25, -0.2) is 0 Å². The zero-order chi connectivity index (χ0) is 13.6. The summed E-state index contributed by atoms with van der Waals surface area (Å²) in [6, 6.07) is 0. The normalized spacial score (nSPS) is 17.2. The maximum Gasteiger partial charge on any atom is 0.311 e. The van der Waals surface area contributed by atoms with Crippen LogP contribution in [0.15, 0.2) is 0 Å². The lowest BCUT2D eigenvalue weighted by Crippen LogP contribution is -2.51. The van der Waals surface area contributed by atoms with Gasteiger partial charge in [0.05, 0.1) is 0 Å². The fourth-order valence-electron chi connectivity index (χ4n) is 2.24. The Balaban J connectivity index is 2.52. The Hall–Kier alpha value is -1.10. The van der Waals surface area contributed by atoms with Crippen molar-refractivity contribution in [3.05, 3.63) is 0 Å². The highest BCUT2D eigenvalue weighted by Crippen LogP contribution is 2.10. The first-order valence-corrected chi connectivity index (χ1v) is 6.78. The fourth-order valence-corrected chi connectivity index (χ4v) is 2.24. The van der Waals surface area contributed by atoms with Gasteiger partial charge in [-0.3, -0.25) is 9.59 Å². The van der Waals surface area contributed by atoms with Crippen molar-refractivity contribution in [2.45, 2.75) is 45.6 Å². The van der Waals surface area contributed by atoms with Crippen LogP contribution in [-0.4, -0.2) is 48.4 Å². The number of rotatable bonds is 3. The molecule has 1 saturated heterocycles. The van der Waals surface area contributed by atoms with E-state index in [9.17, 15) is 9.59 Å². The summed E-state index contributed by atoms with van der Waals surface area (Å²) in [7, 11) is 0. The number of amides is 2. The molecule has 0 aromatic heterocycles. The van der Waals surface area contributed by atoms with Crippen molar-refractivity contribution >= 4 is 11.8 Å². The van der Waals surface area contributed by atoms with Crippen molar-refractivity contribution in [3.63, 3.8) is 0 Å². The Bertz CT molecular complexity index is 295. The van der Waals surface area contributed by atoms with E-state index in [1.54, 1.807) is 4.90 Å². The van der Waals surface area contributed by atoms with Crippen molar-refractivity contribution in [2.75, 3.05) is 26.2 Å². The highest BCUT2D eigenvalue weighted by Gasteiger charge is 2.27. The molecule has 0 unspecified atom stereocenters. The van der Waals surface area contributed by atoms with E-state index in [1.807, 2.05) is 13.8 Å².